The maximum Gasteiger partial charge on any atom is 0.407 e. The number of hydrogen-bond acceptors (Lipinski definition) is 10. The van der Waals surface area contributed by atoms with Crippen LogP contribution in [-0.4, -0.2) is 98.8 Å². The quantitative estimate of drug-likeness (QED) is 0.0981. The zero-order valence-corrected chi connectivity index (χ0v) is 35.9. The van der Waals surface area contributed by atoms with Gasteiger partial charge in [0.1, 0.15) is 30.0 Å². The van der Waals surface area contributed by atoms with Gasteiger partial charge in [-0.15, -0.1) is 0 Å². The molecule has 6 atom stereocenters. The van der Waals surface area contributed by atoms with Crippen molar-refractivity contribution in [2.75, 3.05) is 20.3 Å². The summed E-state index contributed by atoms with van der Waals surface area (Å²) in [6.45, 7) is 6.43. The van der Waals surface area contributed by atoms with Crippen molar-refractivity contribution in [3.05, 3.63) is 65.9 Å². The molecule has 3 aromatic carbocycles. The molecule has 8 rings (SSSR count). The number of halogens is 2. The van der Waals surface area contributed by atoms with Crippen molar-refractivity contribution in [2.45, 2.75) is 97.4 Å². The monoisotopic (exact) mass is 870 g/mol. The molecule has 5 heterocycles. The summed E-state index contributed by atoms with van der Waals surface area (Å²) in [5.41, 5.74) is 11.3. The Balaban J connectivity index is 1.05. The number of alkyl halides is 2. The van der Waals surface area contributed by atoms with Gasteiger partial charge < -0.3 is 49.8 Å². The number of rotatable bonds is 12. The van der Waals surface area contributed by atoms with Gasteiger partial charge >= 0.3 is 18.8 Å². The van der Waals surface area contributed by atoms with Crippen molar-refractivity contribution in [1.82, 2.24) is 35.1 Å². The number of nitrogens with zero attached hydrogens (tertiary/aromatic N) is 4. The summed E-state index contributed by atoms with van der Waals surface area (Å²) in [6.07, 6.45) is 0.572. The van der Waals surface area contributed by atoms with E-state index in [1.165, 1.54) is 12.0 Å². The largest absolute Gasteiger partial charge is 0.488 e. The lowest BCUT2D eigenvalue weighted by atomic mass is 9.92. The molecule has 2 aromatic heterocycles. The van der Waals surface area contributed by atoms with E-state index in [-0.39, 0.29) is 37.1 Å². The molecule has 0 saturated carbocycles. The summed E-state index contributed by atoms with van der Waals surface area (Å²) < 4.78 is 47.0. The third kappa shape index (κ3) is 8.47. The van der Waals surface area contributed by atoms with Gasteiger partial charge in [-0.2, -0.15) is 8.78 Å². The zero-order valence-electron chi connectivity index (χ0n) is 35.9. The Morgan fingerprint density at radius 2 is 1.76 bits per heavy atom. The van der Waals surface area contributed by atoms with Crippen LogP contribution >= 0.6 is 0 Å². The molecule has 16 nitrogen and oxygen atoms in total. The number of alkyl carbamates (subject to hydrolysis) is 1. The predicted octanol–water partition coefficient (Wildman–Crippen LogP) is 7.35. The number of primary amides is 1. The van der Waals surface area contributed by atoms with Crippen molar-refractivity contribution >= 4 is 45.8 Å². The lowest BCUT2D eigenvalue weighted by molar-refractivity contribution is -0.145. The fraction of sp³-hybridized carbons (Fsp3) is 0.467. The molecule has 334 valence electrons. The van der Waals surface area contributed by atoms with Crippen molar-refractivity contribution < 1.29 is 46.9 Å². The predicted molar refractivity (Wildman–Crippen MR) is 227 cm³/mol. The van der Waals surface area contributed by atoms with Gasteiger partial charge in [0.2, 0.25) is 5.91 Å². The summed E-state index contributed by atoms with van der Waals surface area (Å²) in [5.74, 6) is 0.208. The van der Waals surface area contributed by atoms with Crippen molar-refractivity contribution in [3.8, 4) is 28.1 Å². The van der Waals surface area contributed by atoms with E-state index >= 15 is 0 Å². The maximum atomic E-state index is 14.0. The van der Waals surface area contributed by atoms with Crippen molar-refractivity contribution in [3.63, 3.8) is 0 Å². The third-order valence-corrected chi connectivity index (χ3v) is 12.4. The molecule has 5 aromatic rings. The number of methoxy groups -OCH3 is 1. The van der Waals surface area contributed by atoms with Crippen molar-refractivity contribution in [2.24, 2.45) is 23.5 Å². The Labute approximate surface area is 362 Å². The highest BCUT2D eigenvalue weighted by Crippen LogP contribution is 2.44. The molecule has 3 aliphatic rings. The first kappa shape index (κ1) is 43.4. The molecule has 2 saturated heterocycles. The Morgan fingerprint density at radius 1 is 0.968 bits per heavy atom. The van der Waals surface area contributed by atoms with Crippen molar-refractivity contribution in [1.29, 1.82) is 0 Å². The highest BCUT2D eigenvalue weighted by Gasteiger charge is 2.43. The molecule has 4 amide bonds. The van der Waals surface area contributed by atoms with Gasteiger partial charge in [0.05, 0.1) is 48.7 Å². The number of aromatic amines is 2. The highest BCUT2D eigenvalue weighted by atomic mass is 19.3. The molecule has 18 heteroatoms. The topological polar surface area (TPSA) is 207 Å². The Hall–Kier alpha value is -6.30. The minimum Gasteiger partial charge on any atom is -0.488 e. The Kier molecular flexibility index (Phi) is 12.0. The number of carbonyl (C=O) groups excluding carboxylic acids is 4. The number of amides is 4. The minimum absolute atomic E-state index is 0.0538. The summed E-state index contributed by atoms with van der Waals surface area (Å²) in [6, 6.07) is 12.4. The second kappa shape index (κ2) is 17.5. The first-order chi connectivity index (χ1) is 30.1. The van der Waals surface area contributed by atoms with Gasteiger partial charge in [-0.1, -0.05) is 45.9 Å². The lowest BCUT2D eigenvalue weighted by Crippen LogP contribution is -2.52. The van der Waals surface area contributed by atoms with Crippen LogP contribution in [0.25, 0.3) is 44.2 Å². The molecule has 0 radical (unpaired) electrons. The van der Waals surface area contributed by atoms with E-state index in [1.807, 2.05) is 62.1 Å². The molecule has 3 aliphatic heterocycles. The second-order valence-corrected chi connectivity index (χ2v) is 17.3. The van der Waals surface area contributed by atoms with E-state index < -0.39 is 54.7 Å². The molecular weight excluding hydrogens is 819 g/mol. The van der Waals surface area contributed by atoms with Gasteiger partial charge in [-0.3, -0.25) is 9.59 Å². The normalized spacial score (nSPS) is 20.6. The van der Waals surface area contributed by atoms with Crippen LogP contribution < -0.4 is 15.8 Å². The first-order valence-corrected chi connectivity index (χ1v) is 21.2. The van der Waals surface area contributed by atoms with Crippen LogP contribution in [0, 0.1) is 17.8 Å². The number of nitrogens with two attached hydrogens (primary N) is 1. The first-order valence-electron chi connectivity index (χ1n) is 21.2. The second-order valence-electron chi connectivity index (χ2n) is 17.3. The fourth-order valence-electron chi connectivity index (χ4n) is 9.29. The Morgan fingerprint density at radius 3 is 2.48 bits per heavy atom. The average Bonchev–Trinajstić information content (AvgIpc) is 4.08. The molecular formula is C45H52F2N8O8. The number of H-pyrrole nitrogens is 2. The van der Waals surface area contributed by atoms with Crippen LogP contribution in [-0.2, 0) is 30.4 Å². The SMILES string of the molecule is COC(=O)NC(C(=O)N1[C@@H](C)CC[C@H]1c1nc2ccc3cc4c(cc3c2[nH]1)OCc1cc(-c2cnc([C@@H]3C[C@H](COC(F)F)CN3C(=O)C(OC(N)=O)C(C)C)[nH]2)ccc1-4)C(C)C. The standard InChI is InChI=1S/C45H52F2N8O8/c1-21(2)36(53-45(59)60-6)41(56)55-23(5)7-12-33(55)40-50-31-11-9-25-15-30-28-10-8-26(14-27(28)20-61-35(30)16-29(25)37(31)52-40)32-17-49-39(51-32)34-13-24(19-62-43(46)47)18-54(34)42(57)38(22(3)4)63-44(48)58/h8-11,14-17,21-24,33-34,36,38,43H,7,12-13,18-20H2,1-6H3,(H2,48,58)(H,49,51)(H,50,52)(H,53,59)/t23-,24-,33-,34-,36?,38?/m0/s1. The number of likely N-dealkylation sites (tertiary alicyclic amines) is 2. The number of ether oxygens (including phenoxy) is 4. The van der Waals surface area contributed by atoms with E-state index in [0.29, 0.717) is 36.1 Å². The molecule has 0 spiro atoms. The van der Waals surface area contributed by atoms with Gasteiger partial charge in [0, 0.05) is 29.5 Å². The number of imidazole rings is 2. The summed E-state index contributed by atoms with van der Waals surface area (Å²) in [5, 5.41) is 4.62. The minimum atomic E-state index is -2.95. The zero-order chi connectivity index (χ0) is 44.9. The van der Waals surface area contributed by atoms with Crippen LogP contribution in [0.4, 0.5) is 18.4 Å². The van der Waals surface area contributed by atoms with Crippen LogP contribution in [0.1, 0.15) is 83.2 Å². The van der Waals surface area contributed by atoms with E-state index in [9.17, 15) is 28.0 Å². The average molecular weight is 871 g/mol. The van der Waals surface area contributed by atoms with Crippen LogP contribution in [0.3, 0.4) is 0 Å². The summed E-state index contributed by atoms with van der Waals surface area (Å²) >= 11 is 0. The molecule has 0 bridgehead atoms. The fourth-order valence-corrected chi connectivity index (χ4v) is 9.29. The maximum absolute atomic E-state index is 14.0. The van der Waals surface area contributed by atoms with E-state index in [0.717, 1.165) is 56.9 Å². The number of aromatic nitrogens is 4. The molecule has 2 unspecified atom stereocenters. The number of fused-ring (bicyclic) bond motifs is 6. The number of carbonyl (C=O) groups is 4. The third-order valence-electron chi connectivity index (χ3n) is 12.4. The number of benzene rings is 3. The number of nitrogens with one attached hydrogen (secondary N) is 3. The molecule has 63 heavy (non-hydrogen) atoms. The molecule has 5 N–H and O–H groups in total. The summed E-state index contributed by atoms with van der Waals surface area (Å²) in [7, 11) is 1.28. The van der Waals surface area contributed by atoms with E-state index in [2.05, 4.69) is 31.1 Å². The summed E-state index contributed by atoms with van der Waals surface area (Å²) in [4.78, 5) is 71.4. The Bertz CT molecular complexity index is 2560. The van der Waals surface area contributed by atoms with E-state index in [1.54, 1.807) is 20.0 Å². The van der Waals surface area contributed by atoms with Gasteiger partial charge in [-0.05, 0) is 84.4 Å². The molecule has 0 aliphatic carbocycles. The highest BCUT2D eigenvalue weighted by molar-refractivity contribution is 6.07. The smallest absolute Gasteiger partial charge is 0.407 e. The van der Waals surface area contributed by atoms with Gasteiger partial charge in [0.25, 0.3) is 5.91 Å². The van der Waals surface area contributed by atoms with Gasteiger partial charge in [-0.25, -0.2) is 19.6 Å². The van der Waals surface area contributed by atoms with Gasteiger partial charge in [0.15, 0.2) is 6.10 Å². The lowest BCUT2D eigenvalue weighted by Gasteiger charge is -2.32. The van der Waals surface area contributed by atoms with Crippen LogP contribution in [0.2, 0.25) is 0 Å². The molecule has 2 fully saturated rings. The van der Waals surface area contributed by atoms with Crippen LogP contribution in [0.5, 0.6) is 5.75 Å². The van der Waals surface area contributed by atoms with E-state index in [4.69, 9.17) is 24.9 Å². The van der Waals surface area contributed by atoms with Crippen LogP contribution in [0.15, 0.2) is 48.7 Å². The number of hydrogen-bond donors (Lipinski definition) is 4.